The Balaban J connectivity index is 1.95. The highest BCUT2D eigenvalue weighted by molar-refractivity contribution is 6.34. The molecule has 174 valence electrons. The van der Waals surface area contributed by atoms with Crippen molar-refractivity contribution in [3.63, 3.8) is 0 Å². The average Bonchev–Trinajstić information content (AvgIpc) is 3.15. The molecule has 33 heavy (non-hydrogen) atoms. The highest BCUT2D eigenvalue weighted by atomic mass is 35.5. The van der Waals surface area contributed by atoms with Crippen LogP contribution in [0.3, 0.4) is 0 Å². The van der Waals surface area contributed by atoms with Crippen LogP contribution in [0.25, 0.3) is 5.95 Å². The molecule has 1 N–H and O–H groups in total. The highest BCUT2D eigenvalue weighted by Crippen LogP contribution is 2.36. The van der Waals surface area contributed by atoms with Crippen LogP contribution in [0.4, 0.5) is 13.2 Å². The van der Waals surface area contributed by atoms with Gasteiger partial charge >= 0.3 is 6.18 Å². The minimum atomic E-state index is -4.67. The minimum absolute atomic E-state index is 0.279. The van der Waals surface area contributed by atoms with Crippen molar-refractivity contribution in [1.82, 2.24) is 30.3 Å². The van der Waals surface area contributed by atoms with Gasteiger partial charge in [0.2, 0.25) is 0 Å². The maximum Gasteiger partial charge on any atom is 0.417 e. The Morgan fingerprint density at radius 2 is 2.00 bits per heavy atom. The normalized spacial score (nSPS) is 12.4. The third-order valence-electron chi connectivity index (χ3n) is 4.77. The number of hydrogen-bond donors (Lipinski definition) is 1. The van der Waals surface area contributed by atoms with Crippen LogP contribution in [0, 0.1) is 6.92 Å². The molecule has 2 heterocycles. The second-order valence-corrected chi connectivity index (χ2v) is 8.05. The number of nitrogens with one attached hydrogen (secondary N) is 1. The molecule has 0 radical (unpaired) electrons. The van der Waals surface area contributed by atoms with E-state index < -0.39 is 28.7 Å². The number of nitrogens with zero attached hydrogens (tertiary/aromatic N) is 5. The predicted octanol–water partition coefficient (Wildman–Crippen LogP) is 5.04. The lowest BCUT2D eigenvalue weighted by atomic mass is 10.1. The first-order chi connectivity index (χ1) is 15.5. The molecule has 0 bridgehead atoms. The first kappa shape index (κ1) is 24.4. The van der Waals surface area contributed by atoms with Gasteiger partial charge in [-0.05, 0) is 45.9 Å². The summed E-state index contributed by atoms with van der Waals surface area (Å²) in [4.78, 5) is 21.4. The smallest absolute Gasteiger partial charge is 0.344 e. The molecule has 1 aromatic carbocycles. The summed E-state index contributed by atoms with van der Waals surface area (Å²) in [7, 11) is 0. The largest absolute Gasteiger partial charge is 0.417 e. The Kier molecular flexibility index (Phi) is 7.16. The van der Waals surface area contributed by atoms with Crippen LogP contribution in [-0.4, -0.2) is 30.9 Å². The summed E-state index contributed by atoms with van der Waals surface area (Å²) in [5.41, 5.74) is 1.53. The molecular formula is C22H22ClF3N6O. The summed E-state index contributed by atoms with van der Waals surface area (Å²) < 4.78 is 41.0. The Morgan fingerprint density at radius 3 is 2.64 bits per heavy atom. The van der Waals surface area contributed by atoms with Gasteiger partial charge in [-0.25, -0.2) is 9.97 Å². The molecular weight excluding hydrogens is 457 g/mol. The summed E-state index contributed by atoms with van der Waals surface area (Å²) in [6.07, 6.45) is -0.670. The van der Waals surface area contributed by atoms with E-state index in [1.165, 1.54) is 10.7 Å². The first-order valence-corrected chi connectivity index (χ1v) is 10.4. The van der Waals surface area contributed by atoms with Crippen molar-refractivity contribution in [2.24, 2.45) is 0 Å². The average molecular weight is 479 g/mol. The van der Waals surface area contributed by atoms with Gasteiger partial charge < -0.3 is 5.32 Å². The lowest BCUT2D eigenvalue weighted by Crippen LogP contribution is -2.28. The van der Waals surface area contributed by atoms with Gasteiger partial charge in [-0.3, -0.25) is 4.79 Å². The number of rotatable bonds is 6. The number of halogens is 4. The number of allylic oxidation sites excluding steroid dienone is 2. The number of carbonyl (C=O) groups excluding carboxylic acids is 1. The predicted molar refractivity (Wildman–Crippen MR) is 117 cm³/mol. The van der Waals surface area contributed by atoms with Crippen LogP contribution in [-0.2, 0) is 12.6 Å². The van der Waals surface area contributed by atoms with Gasteiger partial charge in [-0.15, -0.1) is 5.10 Å². The van der Waals surface area contributed by atoms with Crippen molar-refractivity contribution in [1.29, 1.82) is 0 Å². The summed E-state index contributed by atoms with van der Waals surface area (Å²) in [5, 5.41) is 10.4. The fraction of sp³-hybridized carbons (Fsp3) is 0.318. The Labute approximate surface area is 193 Å². The lowest BCUT2D eigenvalue weighted by Gasteiger charge is -2.16. The monoisotopic (exact) mass is 478 g/mol. The third kappa shape index (κ3) is 5.57. The Hall–Kier alpha value is -3.27. The van der Waals surface area contributed by atoms with E-state index in [2.05, 4.69) is 25.6 Å². The van der Waals surface area contributed by atoms with E-state index in [9.17, 15) is 18.0 Å². The van der Waals surface area contributed by atoms with E-state index >= 15 is 0 Å². The molecule has 0 fully saturated rings. The number of benzene rings is 1. The maximum absolute atomic E-state index is 13.2. The van der Waals surface area contributed by atoms with Gasteiger partial charge in [-0.1, -0.05) is 34.5 Å². The van der Waals surface area contributed by atoms with Crippen LogP contribution in [0.1, 0.15) is 59.8 Å². The molecule has 0 aliphatic carbocycles. The molecule has 3 aromatic rings. The topological polar surface area (TPSA) is 85.6 Å². The Bertz CT molecular complexity index is 1200. The molecule has 0 spiro atoms. The molecule has 1 atom stereocenters. The van der Waals surface area contributed by atoms with Crippen molar-refractivity contribution in [3.05, 3.63) is 75.3 Å². The molecule has 1 unspecified atom stereocenters. The minimum Gasteiger partial charge on any atom is -0.344 e. The van der Waals surface area contributed by atoms with Crippen LogP contribution < -0.4 is 5.32 Å². The van der Waals surface area contributed by atoms with Crippen LogP contribution in [0.15, 0.2) is 42.1 Å². The van der Waals surface area contributed by atoms with Gasteiger partial charge in [0.15, 0.2) is 0 Å². The zero-order valence-corrected chi connectivity index (χ0v) is 19.2. The molecule has 3 rings (SSSR count). The number of alkyl halides is 3. The summed E-state index contributed by atoms with van der Waals surface area (Å²) in [5.74, 6) is -0.432. The molecule has 1 amide bonds. The fourth-order valence-corrected chi connectivity index (χ4v) is 3.43. The van der Waals surface area contributed by atoms with E-state index in [0.29, 0.717) is 23.8 Å². The molecule has 0 saturated carbocycles. The van der Waals surface area contributed by atoms with Crippen molar-refractivity contribution < 1.29 is 18.0 Å². The second-order valence-electron chi connectivity index (χ2n) is 7.68. The third-order valence-corrected chi connectivity index (χ3v) is 5.18. The van der Waals surface area contributed by atoms with Crippen LogP contribution in [0.2, 0.25) is 5.02 Å². The number of amides is 1. The van der Waals surface area contributed by atoms with Crippen molar-refractivity contribution in [3.8, 4) is 5.95 Å². The van der Waals surface area contributed by atoms with Gasteiger partial charge in [0.25, 0.3) is 11.9 Å². The molecule has 0 saturated heterocycles. The molecule has 0 aliphatic rings. The van der Waals surface area contributed by atoms with E-state index in [1.54, 1.807) is 19.2 Å². The fourth-order valence-electron chi connectivity index (χ4n) is 3.11. The van der Waals surface area contributed by atoms with Gasteiger partial charge in [0, 0.05) is 18.3 Å². The summed E-state index contributed by atoms with van der Waals surface area (Å²) in [6, 6.07) is 4.27. The number of hydrogen-bond acceptors (Lipinski definition) is 5. The zero-order valence-electron chi connectivity index (χ0n) is 18.4. The zero-order chi connectivity index (χ0) is 24.3. The van der Waals surface area contributed by atoms with E-state index in [1.807, 2.05) is 26.8 Å². The molecule has 2 aromatic heterocycles. The molecule has 11 heteroatoms. The SMILES string of the molecule is CC(C)=CCc1c(C(C)NC(=O)c2cccc(C(F)(F)F)c2Cl)nnn1-c1nccc(C)n1. The van der Waals surface area contributed by atoms with Crippen LogP contribution >= 0.6 is 11.6 Å². The Morgan fingerprint density at radius 1 is 1.27 bits per heavy atom. The number of carbonyl (C=O) groups is 1. The quantitative estimate of drug-likeness (QED) is 0.502. The first-order valence-electron chi connectivity index (χ1n) is 10.0. The highest BCUT2D eigenvalue weighted by Gasteiger charge is 2.35. The van der Waals surface area contributed by atoms with Crippen LogP contribution in [0.5, 0.6) is 0 Å². The molecule has 7 nitrogen and oxygen atoms in total. The number of aryl methyl sites for hydroxylation is 1. The second kappa shape index (κ2) is 9.70. The van der Waals surface area contributed by atoms with E-state index in [4.69, 9.17) is 11.6 Å². The van der Waals surface area contributed by atoms with E-state index in [0.717, 1.165) is 23.4 Å². The maximum atomic E-state index is 13.2. The lowest BCUT2D eigenvalue weighted by molar-refractivity contribution is -0.137. The van der Waals surface area contributed by atoms with Crippen molar-refractivity contribution in [2.45, 2.75) is 46.3 Å². The van der Waals surface area contributed by atoms with Gasteiger partial charge in [0.05, 0.1) is 27.9 Å². The standard InChI is InChI=1S/C22H22ClF3N6O/c1-12(2)8-9-17-19(30-31-32(17)21-27-11-10-13(3)28-21)14(4)29-20(33)15-6-5-7-16(18(15)23)22(24,25)26/h5-8,10-11,14H,9H2,1-4H3,(H,29,33). The van der Waals surface area contributed by atoms with E-state index in [-0.39, 0.29) is 5.56 Å². The molecule has 0 aliphatic heterocycles. The van der Waals surface area contributed by atoms with Crippen molar-refractivity contribution in [2.75, 3.05) is 0 Å². The summed E-state index contributed by atoms with van der Waals surface area (Å²) >= 11 is 5.90. The van der Waals surface area contributed by atoms with Gasteiger partial charge in [-0.2, -0.15) is 17.9 Å². The van der Waals surface area contributed by atoms with Crippen molar-refractivity contribution >= 4 is 17.5 Å². The number of aromatic nitrogens is 5. The summed E-state index contributed by atoms with van der Waals surface area (Å²) in [6.45, 7) is 7.37. The van der Waals surface area contributed by atoms with Gasteiger partial charge in [0.1, 0.15) is 5.69 Å².